The zero-order valence-electron chi connectivity index (χ0n) is 15.2. The van der Waals surface area contributed by atoms with Crippen molar-refractivity contribution < 1.29 is 14.3 Å². The number of nitrogens with one attached hydrogen (secondary N) is 2. The molecule has 0 aliphatic heterocycles. The molecule has 0 fully saturated rings. The highest BCUT2D eigenvalue weighted by molar-refractivity contribution is 6.31. The van der Waals surface area contributed by atoms with Crippen LogP contribution < -0.4 is 26.1 Å². The molecule has 9 heteroatoms. The topological polar surface area (TPSA) is 111 Å². The predicted molar refractivity (Wildman–Crippen MR) is 107 cm³/mol. The number of nitrogens with zero attached hydrogens (tertiary/aromatic N) is 2. The summed E-state index contributed by atoms with van der Waals surface area (Å²) in [5.74, 6) is 1.18. The van der Waals surface area contributed by atoms with Crippen LogP contribution in [0.15, 0.2) is 48.8 Å². The Kier molecular flexibility index (Phi) is 5.81. The lowest BCUT2D eigenvalue weighted by atomic mass is 10.2. The first-order valence-corrected chi connectivity index (χ1v) is 8.60. The Morgan fingerprint density at radius 3 is 2.50 bits per heavy atom. The van der Waals surface area contributed by atoms with Crippen LogP contribution in [0, 0.1) is 6.92 Å². The average Bonchev–Trinajstić information content (AvgIpc) is 2.71. The van der Waals surface area contributed by atoms with Crippen LogP contribution in [0.3, 0.4) is 0 Å². The molecule has 1 aromatic heterocycles. The SMILES string of the molecule is COc1ccc(C(=O)NNc2ncnc(Oc3ccc(Cl)c(C)c3)c2N)cc1. The van der Waals surface area contributed by atoms with Crippen LogP contribution in [0.5, 0.6) is 17.4 Å². The second kappa shape index (κ2) is 8.45. The number of benzene rings is 2. The zero-order chi connectivity index (χ0) is 20.1. The van der Waals surface area contributed by atoms with Crippen LogP contribution in [-0.2, 0) is 0 Å². The number of nitrogen functional groups attached to an aromatic ring is 1. The molecule has 4 N–H and O–H groups in total. The van der Waals surface area contributed by atoms with Gasteiger partial charge in [0.05, 0.1) is 7.11 Å². The van der Waals surface area contributed by atoms with Gasteiger partial charge in [-0.1, -0.05) is 11.6 Å². The first-order chi connectivity index (χ1) is 13.5. The van der Waals surface area contributed by atoms with Crippen molar-refractivity contribution in [2.45, 2.75) is 6.92 Å². The predicted octanol–water partition coefficient (Wildman–Crippen LogP) is 3.58. The lowest BCUT2D eigenvalue weighted by Crippen LogP contribution is -2.30. The third-order valence-electron chi connectivity index (χ3n) is 3.84. The minimum Gasteiger partial charge on any atom is -0.497 e. The fraction of sp³-hybridized carbons (Fsp3) is 0.105. The highest BCUT2D eigenvalue weighted by Gasteiger charge is 2.12. The maximum Gasteiger partial charge on any atom is 0.269 e. The van der Waals surface area contributed by atoms with Gasteiger partial charge in [0, 0.05) is 10.6 Å². The molecule has 0 saturated carbocycles. The van der Waals surface area contributed by atoms with Gasteiger partial charge in [0.2, 0.25) is 5.88 Å². The van der Waals surface area contributed by atoms with E-state index in [0.29, 0.717) is 22.1 Å². The second-order valence-corrected chi connectivity index (χ2v) is 6.17. The lowest BCUT2D eigenvalue weighted by Gasteiger charge is -2.13. The number of hydrogen-bond acceptors (Lipinski definition) is 7. The number of anilines is 2. The molecule has 0 bridgehead atoms. The van der Waals surface area contributed by atoms with Gasteiger partial charge in [-0.3, -0.25) is 15.6 Å². The molecule has 28 heavy (non-hydrogen) atoms. The molecule has 1 heterocycles. The van der Waals surface area contributed by atoms with Crippen LogP contribution in [-0.4, -0.2) is 23.0 Å². The van der Waals surface area contributed by atoms with E-state index in [1.165, 1.54) is 6.33 Å². The Bertz CT molecular complexity index is 995. The first-order valence-electron chi connectivity index (χ1n) is 8.23. The summed E-state index contributed by atoms with van der Waals surface area (Å²) in [5.41, 5.74) is 12.7. The van der Waals surface area contributed by atoms with Crippen molar-refractivity contribution >= 4 is 29.0 Å². The van der Waals surface area contributed by atoms with Gasteiger partial charge in [0.25, 0.3) is 5.91 Å². The number of methoxy groups -OCH3 is 1. The van der Waals surface area contributed by atoms with Crippen LogP contribution in [0.2, 0.25) is 5.02 Å². The van der Waals surface area contributed by atoms with Crippen LogP contribution in [0.4, 0.5) is 11.5 Å². The number of aryl methyl sites for hydroxylation is 1. The number of carbonyl (C=O) groups is 1. The Balaban J connectivity index is 1.69. The number of amides is 1. The van der Waals surface area contributed by atoms with E-state index >= 15 is 0 Å². The van der Waals surface area contributed by atoms with Crippen molar-refractivity contribution in [3.63, 3.8) is 0 Å². The minimum atomic E-state index is -0.364. The standard InChI is InChI=1S/C19H18ClN5O3/c1-11-9-14(7-8-15(11)20)28-19-16(21)17(22-10-23-19)24-25-18(26)12-3-5-13(27-2)6-4-12/h3-10H,21H2,1-2H3,(H,25,26)(H,22,23,24). The van der Waals surface area contributed by atoms with Crippen LogP contribution >= 0.6 is 11.6 Å². The van der Waals surface area contributed by atoms with Gasteiger partial charge < -0.3 is 15.2 Å². The van der Waals surface area contributed by atoms with Crippen molar-refractivity contribution in [1.82, 2.24) is 15.4 Å². The van der Waals surface area contributed by atoms with Crippen molar-refractivity contribution in [3.8, 4) is 17.4 Å². The van der Waals surface area contributed by atoms with Gasteiger partial charge in [-0.15, -0.1) is 0 Å². The van der Waals surface area contributed by atoms with E-state index in [0.717, 1.165) is 5.56 Å². The van der Waals surface area contributed by atoms with Gasteiger partial charge in [-0.25, -0.2) is 4.98 Å². The number of ether oxygens (including phenoxy) is 2. The van der Waals surface area contributed by atoms with E-state index in [2.05, 4.69) is 20.8 Å². The molecular formula is C19H18ClN5O3. The number of nitrogens with two attached hydrogens (primary N) is 1. The van der Waals surface area contributed by atoms with Crippen LogP contribution in [0.25, 0.3) is 0 Å². The molecule has 8 nitrogen and oxygen atoms in total. The quantitative estimate of drug-likeness (QED) is 0.543. The molecule has 0 aliphatic rings. The zero-order valence-corrected chi connectivity index (χ0v) is 15.9. The summed E-state index contributed by atoms with van der Waals surface area (Å²) in [5, 5.41) is 0.631. The summed E-state index contributed by atoms with van der Waals surface area (Å²) in [7, 11) is 1.56. The first kappa shape index (κ1) is 19.2. The summed E-state index contributed by atoms with van der Waals surface area (Å²) in [6, 6.07) is 11.8. The Morgan fingerprint density at radius 1 is 1.11 bits per heavy atom. The van der Waals surface area contributed by atoms with E-state index in [9.17, 15) is 4.79 Å². The smallest absolute Gasteiger partial charge is 0.269 e. The third kappa shape index (κ3) is 4.41. The summed E-state index contributed by atoms with van der Waals surface area (Å²) in [6.07, 6.45) is 1.27. The number of carbonyl (C=O) groups excluding carboxylic acids is 1. The Hall–Kier alpha value is -3.52. The van der Waals surface area contributed by atoms with Crippen molar-refractivity contribution in [2.24, 2.45) is 0 Å². The van der Waals surface area contributed by atoms with Gasteiger partial charge in [-0.2, -0.15) is 4.98 Å². The number of rotatable bonds is 6. The van der Waals surface area contributed by atoms with E-state index in [1.54, 1.807) is 49.6 Å². The molecule has 0 aliphatic carbocycles. The lowest BCUT2D eigenvalue weighted by molar-refractivity contribution is 0.0962. The van der Waals surface area contributed by atoms with Gasteiger partial charge in [-0.05, 0) is 55.0 Å². The summed E-state index contributed by atoms with van der Waals surface area (Å²) in [4.78, 5) is 20.3. The molecule has 3 aromatic rings. The molecule has 0 spiro atoms. The minimum absolute atomic E-state index is 0.144. The highest BCUT2D eigenvalue weighted by Crippen LogP contribution is 2.30. The van der Waals surface area contributed by atoms with Crippen LogP contribution in [0.1, 0.15) is 15.9 Å². The van der Waals surface area contributed by atoms with Crippen molar-refractivity contribution in [3.05, 3.63) is 64.9 Å². The second-order valence-electron chi connectivity index (χ2n) is 5.76. The van der Waals surface area contributed by atoms with Gasteiger partial charge >= 0.3 is 0 Å². The average molecular weight is 400 g/mol. The maximum absolute atomic E-state index is 12.2. The molecule has 0 saturated heterocycles. The molecule has 1 amide bonds. The molecule has 144 valence electrons. The van der Waals surface area contributed by atoms with Gasteiger partial charge in [0.15, 0.2) is 5.82 Å². The number of halogens is 1. The monoisotopic (exact) mass is 399 g/mol. The largest absolute Gasteiger partial charge is 0.497 e. The molecule has 0 unspecified atom stereocenters. The highest BCUT2D eigenvalue weighted by atomic mass is 35.5. The van der Waals surface area contributed by atoms with E-state index in [1.807, 2.05) is 6.92 Å². The Morgan fingerprint density at radius 2 is 1.82 bits per heavy atom. The number of hydrogen-bond donors (Lipinski definition) is 3. The van der Waals surface area contributed by atoms with E-state index in [4.69, 9.17) is 26.8 Å². The third-order valence-corrected chi connectivity index (χ3v) is 4.26. The molecule has 0 radical (unpaired) electrons. The summed E-state index contributed by atoms with van der Waals surface area (Å²) >= 11 is 6.02. The summed E-state index contributed by atoms with van der Waals surface area (Å²) < 4.78 is 10.8. The van der Waals surface area contributed by atoms with Crippen molar-refractivity contribution in [1.29, 1.82) is 0 Å². The maximum atomic E-state index is 12.2. The fourth-order valence-corrected chi connectivity index (χ4v) is 2.40. The van der Waals surface area contributed by atoms with Gasteiger partial charge in [0.1, 0.15) is 23.5 Å². The van der Waals surface area contributed by atoms with E-state index in [-0.39, 0.29) is 23.3 Å². The molecular weight excluding hydrogens is 382 g/mol. The molecule has 0 atom stereocenters. The fourth-order valence-electron chi connectivity index (χ4n) is 2.28. The Labute approximate surface area is 166 Å². The normalized spacial score (nSPS) is 10.2. The molecule has 3 rings (SSSR count). The summed E-state index contributed by atoms with van der Waals surface area (Å²) in [6.45, 7) is 1.86. The number of hydrazine groups is 1. The van der Waals surface area contributed by atoms with Crippen molar-refractivity contribution in [2.75, 3.05) is 18.3 Å². The van der Waals surface area contributed by atoms with E-state index < -0.39 is 0 Å². The number of aromatic nitrogens is 2. The molecule has 2 aromatic carbocycles.